The highest BCUT2D eigenvalue weighted by molar-refractivity contribution is 6.78. The lowest BCUT2D eigenvalue weighted by molar-refractivity contribution is -0.163. The monoisotopic (exact) mass is 360 g/mol. The molecule has 4 unspecified atom stereocenters. The molecule has 2 saturated heterocycles. The highest BCUT2D eigenvalue weighted by Crippen LogP contribution is 2.46. The Morgan fingerprint density at radius 2 is 1.50 bits per heavy atom. The van der Waals surface area contributed by atoms with Crippen molar-refractivity contribution in [3.05, 3.63) is 42.6 Å². The zero-order valence-corrected chi connectivity index (χ0v) is 17.6. The fourth-order valence-electron chi connectivity index (χ4n) is 4.95. The molecule has 0 saturated carbocycles. The van der Waals surface area contributed by atoms with Crippen LogP contribution in [0.25, 0.3) is 0 Å². The Kier molecular flexibility index (Phi) is 5.80. The van der Waals surface area contributed by atoms with Crippen molar-refractivity contribution in [2.24, 2.45) is 0 Å². The van der Waals surface area contributed by atoms with Crippen molar-refractivity contribution in [3.8, 4) is 0 Å². The van der Waals surface area contributed by atoms with Gasteiger partial charge in [-0.3, -0.25) is 0 Å². The van der Waals surface area contributed by atoms with Gasteiger partial charge in [-0.25, -0.2) is 0 Å². The van der Waals surface area contributed by atoms with Crippen molar-refractivity contribution in [2.75, 3.05) is 13.2 Å². The number of benzene rings is 1. The minimum atomic E-state index is -1.35. The molecule has 2 heterocycles. The van der Waals surface area contributed by atoms with Gasteiger partial charge in [-0.1, -0.05) is 48.6 Å². The molecule has 0 N–H and O–H groups in total. The van der Waals surface area contributed by atoms with Crippen LogP contribution in [0.15, 0.2) is 42.6 Å². The Bertz CT molecular complexity index is 534. The van der Waals surface area contributed by atoms with Crippen molar-refractivity contribution in [2.45, 2.75) is 62.1 Å². The highest BCUT2D eigenvalue weighted by Gasteiger charge is 2.60. The van der Waals surface area contributed by atoms with Crippen LogP contribution in [0, 0.1) is 0 Å². The molecule has 4 atom stereocenters. The first-order valence-electron chi connectivity index (χ1n) is 9.62. The molecule has 1 aromatic carbocycles. The van der Waals surface area contributed by atoms with Gasteiger partial charge in [0.05, 0.1) is 19.2 Å². The van der Waals surface area contributed by atoms with Gasteiger partial charge in [0.2, 0.25) is 0 Å². The van der Waals surface area contributed by atoms with E-state index < -0.39 is 17.6 Å². The summed E-state index contributed by atoms with van der Waals surface area (Å²) in [7, 11) is -2.62. The van der Waals surface area contributed by atoms with Crippen LogP contribution < -0.4 is 5.19 Å². The van der Waals surface area contributed by atoms with Crippen LogP contribution in [-0.2, 0) is 9.47 Å². The molecule has 3 rings (SSSR count). The summed E-state index contributed by atoms with van der Waals surface area (Å²) in [6.07, 6.45) is 7.26. The summed E-state index contributed by atoms with van der Waals surface area (Å²) in [6.45, 7) is 10.9. The van der Waals surface area contributed by atoms with E-state index in [1.54, 1.807) is 0 Å². The number of hydrogen-bond acceptors (Lipinski definition) is 2. The lowest BCUT2D eigenvalue weighted by Crippen LogP contribution is -2.74. The van der Waals surface area contributed by atoms with Gasteiger partial charge in [0.15, 0.2) is 0 Å². The summed E-state index contributed by atoms with van der Waals surface area (Å²) >= 11 is 0. The molecule has 0 radical (unpaired) electrons. The zero-order chi connectivity index (χ0) is 17.0. The van der Waals surface area contributed by atoms with Crippen LogP contribution in [0.1, 0.15) is 38.5 Å². The maximum Gasteiger partial charge on any atom is 0.108 e. The molecule has 2 fully saturated rings. The van der Waals surface area contributed by atoms with Crippen LogP contribution >= 0.6 is 0 Å². The number of ether oxygens (including phenoxy) is 2. The standard InChI is InChI=1S/C20H32O2Si2/c1-4-23(2)19(14-8-10-16-21-19)20(15-9-11-17-22-20)24(3)18-12-6-5-7-13-18/h4-7,12-13,23-24H,1,8-11,14-17H2,2-3H3. The number of rotatable bonds is 5. The van der Waals surface area contributed by atoms with Crippen LogP contribution in [0.5, 0.6) is 0 Å². The molecule has 2 nitrogen and oxygen atoms in total. The van der Waals surface area contributed by atoms with Crippen molar-refractivity contribution in [3.63, 3.8) is 0 Å². The second-order valence-corrected chi connectivity index (χ2v) is 13.6. The second-order valence-electron chi connectivity index (χ2n) is 7.55. The van der Waals surface area contributed by atoms with Gasteiger partial charge in [0, 0.05) is 13.2 Å². The summed E-state index contributed by atoms with van der Waals surface area (Å²) < 4.78 is 13.5. The lowest BCUT2D eigenvalue weighted by Gasteiger charge is -2.58. The molecule has 24 heavy (non-hydrogen) atoms. The van der Waals surface area contributed by atoms with Gasteiger partial charge >= 0.3 is 0 Å². The molecule has 132 valence electrons. The van der Waals surface area contributed by atoms with Gasteiger partial charge in [-0.15, -0.1) is 12.3 Å². The third-order valence-corrected chi connectivity index (χ3v) is 13.6. The average molecular weight is 361 g/mol. The van der Waals surface area contributed by atoms with Gasteiger partial charge in [-0.2, -0.15) is 0 Å². The molecule has 0 spiro atoms. The topological polar surface area (TPSA) is 18.5 Å². The van der Waals surface area contributed by atoms with E-state index in [0.717, 1.165) is 19.6 Å². The third-order valence-electron chi connectivity index (χ3n) is 6.41. The lowest BCUT2D eigenvalue weighted by atomic mass is 9.96. The Hall–Kier alpha value is -0.686. The minimum Gasteiger partial charge on any atom is -0.376 e. The second kappa shape index (κ2) is 7.69. The summed E-state index contributed by atoms with van der Waals surface area (Å²) in [5.41, 5.74) is 2.23. The average Bonchev–Trinajstić information content (AvgIpc) is 2.68. The van der Waals surface area contributed by atoms with E-state index in [1.165, 1.54) is 37.3 Å². The van der Waals surface area contributed by atoms with Crippen LogP contribution in [-0.4, -0.2) is 41.3 Å². The summed E-state index contributed by atoms with van der Waals surface area (Å²) in [5.74, 6) is 0. The largest absolute Gasteiger partial charge is 0.376 e. The van der Waals surface area contributed by atoms with Crippen molar-refractivity contribution < 1.29 is 9.47 Å². The fourth-order valence-corrected chi connectivity index (χ4v) is 12.2. The van der Waals surface area contributed by atoms with Crippen LogP contribution in [0.2, 0.25) is 13.1 Å². The summed E-state index contributed by atoms with van der Waals surface area (Å²) in [5, 5.41) is 1.39. The molecule has 0 bridgehead atoms. The van der Waals surface area contributed by atoms with E-state index in [-0.39, 0.29) is 10.4 Å². The molecule has 2 aliphatic heterocycles. The predicted molar refractivity (Wildman–Crippen MR) is 107 cm³/mol. The highest BCUT2D eigenvalue weighted by atomic mass is 28.3. The van der Waals surface area contributed by atoms with Gasteiger partial charge < -0.3 is 9.47 Å². The quantitative estimate of drug-likeness (QED) is 0.750. The summed E-state index contributed by atoms with van der Waals surface area (Å²) in [4.78, 5) is 0. The Morgan fingerprint density at radius 3 is 2.00 bits per heavy atom. The maximum absolute atomic E-state index is 6.77. The summed E-state index contributed by atoms with van der Waals surface area (Å²) in [6, 6.07) is 11.1. The molecular weight excluding hydrogens is 328 g/mol. The van der Waals surface area contributed by atoms with E-state index in [9.17, 15) is 0 Å². The molecule has 0 aliphatic carbocycles. The van der Waals surface area contributed by atoms with Gasteiger partial charge in [0.25, 0.3) is 0 Å². The fraction of sp³-hybridized carbons (Fsp3) is 0.600. The molecular formula is C20H32O2Si2. The molecule has 0 aromatic heterocycles. The smallest absolute Gasteiger partial charge is 0.108 e. The first-order chi connectivity index (χ1) is 11.7. The van der Waals surface area contributed by atoms with E-state index in [2.05, 4.69) is 55.7 Å². The minimum absolute atomic E-state index is 0.0606. The first kappa shape index (κ1) is 18.1. The Labute approximate surface area is 150 Å². The van der Waals surface area contributed by atoms with E-state index in [4.69, 9.17) is 9.47 Å². The van der Waals surface area contributed by atoms with Crippen molar-refractivity contribution in [1.29, 1.82) is 0 Å². The first-order valence-corrected chi connectivity index (χ1v) is 14.3. The Morgan fingerprint density at radius 1 is 0.917 bits per heavy atom. The van der Waals surface area contributed by atoms with Gasteiger partial charge in [-0.05, 0) is 38.5 Å². The zero-order valence-electron chi connectivity index (χ0n) is 15.3. The maximum atomic E-state index is 6.77. The molecule has 2 aliphatic rings. The molecule has 0 amide bonds. The van der Waals surface area contributed by atoms with Gasteiger partial charge in [0.1, 0.15) is 8.80 Å². The van der Waals surface area contributed by atoms with Crippen LogP contribution in [0.4, 0.5) is 0 Å². The molecule has 4 heteroatoms. The van der Waals surface area contributed by atoms with E-state index >= 15 is 0 Å². The van der Waals surface area contributed by atoms with E-state index in [1.807, 2.05) is 0 Å². The Balaban J connectivity index is 2.07. The number of hydrogen-bond donors (Lipinski definition) is 0. The van der Waals surface area contributed by atoms with Crippen LogP contribution in [0.3, 0.4) is 0 Å². The van der Waals surface area contributed by atoms with Crippen molar-refractivity contribution in [1.82, 2.24) is 0 Å². The van der Waals surface area contributed by atoms with Crippen molar-refractivity contribution >= 4 is 22.8 Å². The normalized spacial score (nSPS) is 33.6. The predicted octanol–water partition coefficient (Wildman–Crippen LogP) is 3.29. The molecule has 1 aromatic rings. The SMILES string of the molecule is C=C[SiH](C)C1(C2([SiH](C)c3ccccc3)CCCCO2)CCCCO1. The van der Waals surface area contributed by atoms with E-state index in [0.29, 0.717) is 0 Å². The third kappa shape index (κ3) is 2.98.